The fraction of sp³-hybridized carbons (Fsp3) is 0.0800. The first kappa shape index (κ1) is 22.4. The van der Waals surface area contributed by atoms with Crippen molar-refractivity contribution in [3.63, 3.8) is 0 Å². The fourth-order valence-electron chi connectivity index (χ4n) is 2.82. The average molecular weight is 432 g/mol. The van der Waals surface area contributed by atoms with Crippen LogP contribution >= 0.6 is 0 Å². The zero-order valence-corrected chi connectivity index (χ0v) is 17.3. The van der Waals surface area contributed by atoms with Crippen molar-refractivity contribution in [1.82, 2.24) is 5.32 Å². The number of benzene rings is 3. The molecule has 6 nitrogen and oxygen atoms in total. The van der Waals surface area contributed by atoms with Crippen LogP contribution in [0.2, 0.25) is 0 Å². The lowest BCUT2D eigenvalue weighted by atomic mass is 10.1. The molecule has 0 atom stereocenters. The number of hydrogen-bond donors (Lipinski definition) is 2. The minimum Gasteiger partial charge on any atom is -0.427 e. The highest BCUT2D eigenvalue weighted by Gasteiger charge is 2.08. The van der Waals surface area contributed by atoms with Gasteiger partial charge in [0.1, 0.15) is 11.6 Å². The summed E-state index contributed by atoms with van der Waals surface area (Å²) in [5.41, 5.74) is 2.09. The summed E-state index contributed by atoms with van der Waals surface area (Å²) < 4.78 is 18.6. The number of anilines is 1. The fourth-order valence-corrected chi connectivity index (χ4v) is 2.82. The van der Waals surface area contributed by atoms with Gasteiger partial charge in [-0.25, -0.2) is 4.39 Å². The molecule has 0 saturated carbocycles. The van der Waals surface area contributed by atoms with Gasteiger partial charge in [-0.15, -0.1) is 0 Å². The molecule has 0 radical (unpaired) electrons. The largest absolute Gasteiger partial charge is 0.427 e. The van der Waals surface area contributed by atoms with Crippen LogP contribution < -0.4 is 15.4 Å². The Morgan fingerprint density at radius 2 is 1.72 bits per heavy atom. The van der Waals surface area contributed by atoms with Crippen LogP contribution in [0, 0.1) is 5.82 Å². The van der Waals surface area contributed by atoms with E-state index in [9.17, 15) is 18.8 Å². The second-order valence-corrected chi connectivity index (χ2v) is 6.85. The van der Waals surface area contributed by atoms with Crippen molar-refractivity contribution in [2.45, 2.75) is 13.5 Å². The number of carbonyl (C=O) groups excluding carboxylic acids is 3. The summed E-state index contributed by atoms with van der Waals surface area (Å²) >= 11 is 0. The van der Waals surface area contributed by atoms with Crippen molar-refractivity contribution in [3.8, 4) is 5.75 Å². The van der Waals surface area contributed by atoms with Gasteiger partial charge in [-0.2, -0.15) is 0 Å². The van der Waals surface area contributed by atoms with E-state index in [2.05, 4.69) is 10.6 Å². The molecule has 0 fully saturated rings. The Morgan fingerprint density at radius 3 is 2.44 bits per heavy atom. The molecule has 0 bridgehead atoms. The van der Waals surface area contributed by atoms with E-state index in [1.54, 1.807) is 60.7 Å². The van der Waals surface area contributed by atoms with Crippen molar-refractivity contribution in [2.75, 3.05) is 5.32 Å². The van der Waals surface area contributed by atoms with Gasteiger partial charge in [-0.1, -0.05) is 36.4 Å². The Kier molecular flexibility index (Phi) is 7.48. The van der Waals surface area contributed by atoms with Gasteiger partial charge in [0.15, 0.2) is 0 Å². The van der Waals surface area contributed by atoms with Crippen molar-refractivity contribution in [2.24, 2.45) is 0 Å². The van der Waals surface area contributed by atoms with Crippen LogP contribution in [0.25, 0.3) is 6.08 Å². The third-order valence-electron chi connectivity index (χ3n) is 4.35. The molecule has 32 heavy (non-hydrogen) atoms. The highest BCUT2D eigenvalue weighted by Crippen LogP contribution is 2.14. The predicted molar refractivity (Wildman–Crippen MR) is 119 cm³/mol. The molecule has 3 rings (SSSR count). The zero-order valence-electron chi connectivity index (χ0n) is 17.3. The van der Waals surface area contributed by atoms with E-state index in [0.29, 0.717) is 22.6 Å². The monoisotopic (exact) mass is 432 g/mol. The third-order valence-corrected chi connectivity index (χ3v) is 4.35. The topological polar surface area (TPSA) is 84.5 Å². The Bertz CT molecular complexity index is 1160. The summed E-state index contributed by atoms with van der Waals surface area (Å²) in [6.45, 7) is 1.57. The van der Waals surface area contributed by atoms with Gasteiger partial charge in [0.2, 0.25) is 5.91 Å². The maximum atomic E-state index is 13.6. The normalized spacial score (nSPS) is 10.6. The van der Waals surface area contributed by atoms with E-state index in [4.69, 9.17) is 4.74 Å². The van der Waals surface area contributed by atoms with E-state index in [0.717, 1.165) is 5.56 Å². The zero-order chi connectivity index (χ0) is 22.9. The summed E-state index contributed by atoms with van der Waals surface area (Å²) in [6, 6.07) is 19.5. The highest BCUT2D eigenvalue weighted by atomic mass is 19.1. The minimum atomic E-state index is -0.461. The first-order valence-corrected chi connectivity index (χ1v) is 9.80. The van der Waals surface area contributed by atoms with Crippen LogP contribution in [0.5, 0.6) is 5.75 Å². The van der Waals surface area contributed by atoms with Crippen LogP contribution in [-0.4, -0.2) is 17.8 Å². The summed E-state index contributed by atoms with van der Waals surface area (Å²) in [6.07, 6.45) is 2.67. The van der Waals surface area contributed by atoms with Gasteiger partial charge in [0.25, 0.3) is 5.91 Å². The van der Waals surface area contributed by atoms with Crippen LogP contribution in [0.4, 0.5) is 10.1 Å². The molecule has 0 aromatic heterocycles. The van der Waals surface area contributed by atoms with Crippen molar-refractivity contribution < 1.29 is 23.5 Å². The van der Waals surface area contributed by atoms with E-state index < -0.39 is 11.8 Å². The summed E-state index contributed by atoms with van der Waals surface area (Å²) in [5, 5.41) is 5.48. The third kappa shape index (κ3) is 6.63. The second-order valence-electron chi connectivity index (χ2n) is 6.85. The molecule has 3 aromatic carbocycles. The van der Waals surface area contributed by atoms with Gasteiger partial charge in [-0.3, -0.25) is 14.4 Å². The number of amides is 2. The molecule has 2 amide bonds. The summed E-state index contributed by atoms with van der Waals surface area (Å²) in [5.74, 6) is -1.26. The molecular formula is C25H21FN2O4. The smallest absolute Gasteiger partial charge is 0.308 e. The molecular weight excluding hydrogens is 411 g/mol. The van der Waals surface area contributed by atoms with Gasteiger partial charge < -0.3 is 15.4 Å². The number of rotatable bonds is 7. The maximum Gasteiger partial charge on any atom is 0.308 e. The van der Waals surface area contributed by atoms with Gasteiger partial charge >= 0.3 is 5.97 Å². The summed E-state index contributed by atoms with van der Waals surface area (Å²) in [7, 11) is 0. The van der Waals surface area contributed by atoms with E-state index in [1.165, 1.54) is 31.2 Å². The van der Waals surface area contributed by atoms with Crippen LogP contribution in [0.1, 0.15) is 28.4 Å². The molecule has 3 aromatic rings. The number of hydrogen-bond acceptors (Lipinski definition) is 4. The van der Waals surface area contributed by atoms with Crippen LogP contribution in [0.3, 0.4) is 0 Å². The average Bonchev–Trinajstić information content (AvgIpc) is 2.77. The molecule has 0 saturated heterocycles. The predicted octanol–water partition coefficient (Wildman–Crippen LogP) is 4.33. The lowest BCUT2D eigenvalue weighted by Gasteiger charge is -2.08. The van der Waals surface area contributed by atoms with Crippen molar-refractivity contribution in [1.29, 1.82) is 0 Å². The Morgan fingerprint density at radius 1 is 0.969 bits per heavy atom. The second kappa shape index (κ2) is 10.7. The highest BCUT2D eigenvalue weighted by molar-refractivity contribution is 6.02. The molecule has 0 aliphatic carbocycles. The first-order valence-electron chi connectivity index (χ1n) is 9.80. The molecule has 7 heteroatoms. The van der Waals surface area contributed by atoms with E-state index >= 15 is 0 Å². The van der Waals surface area contributed by atoms with Crippen LogP contribution in [-0.2, 0) is 16.1 Å². The number of ether oxygens (including phenoxy) is 1. The lowest BCUT2D eigenvalue weighted by molar-refractivity contribution is -0.131. The lowest BCUT2D eigenvalue weighted by Crippen LogP contribution is -2.22. The standard InChI is InChI=1S/C25H21FN2O4/c1-17(29)32-22-7-4-6-20(15-22)25(31)27-16-18-9-12-21(13-10-18)28-24(30)14-11-19-5-2-3-8-23(19)26/h2-15H,16H2,1H3,(H,27,31)(H,28,30)/b14-11+. The quantitative estimate of drug-likeness (QED) is 0.331. The van der Waals surface area contributed by atoms with Crippen molar-refractivity contribution in [3.05, 3.63) is 101 Å². The molecule has 162 valence electrons. The first-order chi connectivity index (χ1) is 15.4. The Balaban J connectivity index is 1.52. The molecule has 0 aliphatic heterocycles. The molecule has 2 N–H and O–H groups in total. The maximum absolute atomic E-state index is 13.6. The van der Waals surface area contributed by atoms with Gasteiger partial charge in [-0.05, 0) is 48.0 Å². The van der Waals surface area contributed by atoms with E-state index in [-0.39, 0.29) is 18.4 Å². The number of esters is 1. The molecule has 0 heterocycles. The van der Waals surface area contributed by atoms with Crippen LogP contribution in [0.15, 0.2) is 78.9 Å². The molecule has 0 spiro atoms. The van der Waals surface area contributed by atoms with Gasteiger partial charge in [0.05, 0.1) is 0 Å². The van der Waals surface area contributed by atoms with E-state index in [1.807, 2.05) is 0 Å². The SMILES string of the molecule is CC(=O)Oc1cccc(C(=O)NCc2ccc(NC(=O)/C=C/c3ccccc3F)cc2)c1. The summed E-state index contributed by atoms with van der Waals surface area (Å²) in [4.78, 5) is 35.4. The Hall–Kier alpha value is -4.26. The Labute approximate surface area is 184 Å². The number of carbonyl (C=O) groups is 3. The number of nitrogens with one attached hydrogen (secondary N) is 2. The number of halogens is 1. The van der Waals surface area contributed by atoms with Crippen molar-refractivity contribution >= 4 is 29.5 Å². The van der Waals surface area contributed by atoms with Gasteiger partial charge in [0, 0.05) is 36.4 Å². The molecule has 0 aliphatic rings. The minimum absolute atomic E-state index is 0.276. The molecule has 0 unspecified atom stereocenters.